The van der Waals surface area contributed by atoms with Crippen LogP contribution in [-0.2, 0) is 6.54 Å². The standard InChI is InChI=1S/C15H17ClN4O4.C8H11ClN2O/c1-9-10(2)15(24-3)18-14(13(9)20(22)23)19(6-7-21)11-4-5-12(16)17-8-11;9-8-2-1-7(6-11-8)5-10-3-4-12/h4-5,8,21H,6-7H2,1-3H3;1-2,6,10,12H,3-5H2. The molecule has 0 bridgehead atoms. The van der Waals surface area contributed by atoms with Gasteiger partial charge in [0.2, 0.25) is 11.7 Å². The number of ether oxygens (including phenoxy) is 1. The van der Waals surface area contributed by atoms with Crippen LogP contribution < -0.4 is 15.0 Å². The van der Waals surface area contributed by atoms with Crippen LogP contribution in [0.4, 0.5) is 17.2 Å². The number of anilines is 2. The molecular weight excluding hydrogens is 511 g/mol. The van der Waals surface area contributed by atoms with Gasteiger partial charge in [-0.15, -0.1) is 0 Å². The highest BCUT2D eigenvalue weighted by atomic mass is 35.5. The Morgan fingerprint density at radius 1 is 1.06 bits per heavy atom. The van der Waals surface area contributed by atoms with Crippen molar-refractivity contribution in [2.45, 2.75) is 20.4 Å². The third-order valence-electron chi connectivity index (χ3n) is 5.04. The van der Waals surface area contributed by atoms with Crippen molar-refractivity contribution in [2.75, 3.05) is 38.3 Å². The summed E-state index contributed by atoms with van der Waals surface area (Å²) in [4.78, 5) is 24.8. The molecule has 3 N–H and O–H groups in total. The van der Waals surface area contributed by atoms with Crippen LogP contribution >= 0.6 is 23.2 Å². The van der Waals surface area contributed by atoms with Crippen LogP contribution in [0.15, 0.2) is 36.7 Å². The molecule has 36 heavy (non-hydrogen) atoms. The van der Waals surface area contributed by atoms with E-state index >= 15 is 0 Å². The molecular formula is C23H28Cl2N6O5. The summed E-state index contributed by atoms with van der Waals surface area (Å²) in [7, 11) is 1.45. The molecule has 0 spiro atoms. The first-order chi connectivity index (χ1) is 17.2. The maximum atomic E-state index is 11.6. The Bertz CT molecular complexity index is 1130. The molecule has 0 unspecified atom stereocenters. The van der Waals surface area contributed by atoms with Crippen LogP contribution in [0.2, 0.25) is 10.3 Å². The molecule has 0 aromatic carbocycles. The predicted molar refractivity (Wildman–Crippen MR) is 138 cm³/mol. The molecule has 194 valence electrons. The minimum absolute atomic E-state index is 0.0816. The molecule has 0 aliphatic heterocycles. The van der Waals surface area contributed by atoms with Gasteiger partial charge in [0.25, 0.3) is 0 Å². The Morgan fingerprint density at radius 3 is 2.22 bits per heavy atom. The number of aliphatic hydroxyl groups is 2. The van der Waals surface area contributed by atoms with Crippen molar-refractivity contribution < 1.29 is 19.9 Å². The van der Waals surface area contributed by atoms with E-state index in [9.17, 15) is 15.2 Å². The number of nitro groups is 1. The maximum Gasteiger partial charge on any atom is 0.315 e. The molecule has 11 nitrogen and oxygen atoms in total. The number of nitrogens with zero attached hydrogens (tertiary/aromatic N) is 5. The zero-order valence-corrected chi connectivity index (χ0v) is 21.6. The molecule has 0 aliphatic rings. The Kier molecular flexibility index (Phi) is 11.7. The van der Waals surface area contributed by atoms with Gasteiger partial charge in [0, 0.05) is 37.0 Å². The fourth-order valence-electron chi connectivity index (χ4n) is 3.15. The normalized spacial score (nSPS) is 10.4. The first-order valence-corrected chi connectivity index (χ1v) is 11.6. The third-order valence-corrected chi connectivity index (χ3v) is 5.49. The van der Waals surface area contributed by atoms with Gasteiger partial charge in [-0.2, -0.15) is 4.98 Å². The number of halogens is 2. The highest BCUT2D eigenvalue weighted by Crippen LogP contribution is 2.38. The summed E-state index contributed by atoms with van der Waals surface area (Å²) in [6.07, 6.45) is 3.18. The molecule has 0 aliphatic carbocycles. The summed E-state index contributed by atoms with van der Waals surface area (Å²) in [6.45, 7) is 4.68. The van der Waals surface area contributed by atoms with E-state index in [1.54, 1.807) is 38.2 Å². The van der Waals surface area contributed by atoms with Gasteiger partial charge >= 0.3 is 5.69 Å². The number of rotatable bonds is 10. The highest BCUT2D eigenvalue weighted by Gasteiger charge is 2.28. The first kappa shape index (κ1) is 29.1. The number of nitrogens with one attached hydrogen (secondary N) is 1. The maximum absolute atomic E-state index is 11.6. The van der Waals surface area contributed by atoms with E-state index in [0.29, 0.717) is 40.2 Å². The van der Waals surface area contributed by atoms with Gasteiger partial charge in [-0.05, 0) is 37.6 Å². The molecule has 0 amide bonds. The summed E-state index contributed by atoms with van der Waals surface area (Å²) < 4.78 is 5.22. The molecule has 0 radical (unpaired) electrons. The van der Waals surface area contributed by atoms with E-state index < -0.39 is 4.92 Å². The zero-order valence-electron chi connectivity index (χ0n) is 20.1. The SMILES string of the molecule is COc1nc(N(CCO)c2ccc(Cl)nc2)c([N+](=O)[O-])c(C)c1C.OCCNCc1ccc(Cl)nc1. The van der Waals surface area contributed by atoms with E-state index in [-0.39, 0.29) is 37.1 Å². The summed E-state index contributed by atoms with van der Waals surface area (Å²) >= 11 is 11.4. The lowest BCUT2D eigenvalue weighted by Gasteiger charge is -2.24. The fourth-order valence-corrected chi connectivity index (χ4v) is 3.38. The smallest absolute Gasteiger partial charge is 0.315 e. The van der Waals surface area contributed by atoms with Crippen molar-refractivity contribution in [1.29, 1.82) is 0 Å². The number of hydrogen-bond acceptors (Lipinski definition) is 10. The lowest BCUT2D eigenvalue weighted by Crippen LogP contribution is -2.24. The monoisotopic (exact) mass is 538 g/mol. The van der Waals surface area contributed by atoms with Crippen LogP contribution in [0.25, 0.3) is 0 Å². The van der Waals surface area contributed by atoms with E-state index in [4.69, 9.17) is 33.0 Å². The van der Waals surface area contributed by atoms with E-state index in [1.165, 1.54) is 18.2 Å². The van der Waals surface area contributed by atoms with Crippen LogP contribution in [0.1, 0.15) is 16.7 Å². The Labute approximate surface area is 218 Å². The average molecular weight is 539 g/mol. The van der Waals surface area contributed by atoms with E-state index in [0.717, 1.165) is 5.56 Å². The number of methoxy groups -OCH3 is 1. The molecule has 0 atom stereocenters. The van der Waals surface area contributed by atoms with Crippen molar-refractivity contribution in [3.8, 4) is 5.88 Å². The highest BCUT2D eigenvalue weighted by molar-refractivity contribution is 6.29. The largest absolute Gasteiger partial charge is 0.481 e. The molecule has 0 saturated heterocycles. The molecule has 3 aromatic heterocycles. The first-order valence-electron chi connectivity index (χ1n) is 10.8. The second kappa shape index (κ2) is 14.5. The van der Waals surface area contributed by atoms with Crippen molar-refractivity contribution >= 4 is 40.4 Å². The van der Waals surface area contributed by atoms with Crippen LogP contribution in [0.3, 0.4) is 0 Å². The Morgan fingerprint density at radius 2 is 1.72 bits per heavy atom. The Balaban J connectivity index is 0.000000319. The number of pyridine rings is 3. The lowest BCUT2D eigenvalue weighted by molar-refractivity contribution is -0.384. The summed E-state index contributed by atoms with van der Waals surface area (Å²) in [5.41, 5.74) is 2.48. The predicted octanol–water partition coefficient (Wildman–Crippen LogP) is 3.61. The number of aromatic nitrogens is 3. The summed E-state index contributed by atoms with van der Waals surface area (Å²) in [5.74, 6) is 0.371. The quantitative estimate of drug-likeness (QED) is 0.151. The molecule has 13 heteroatoms. The van der Waals surface area contributed by atoms with E-state index in [1.807, 2.05) is 6.07 Å². The topological polar surface area (TPSA) is 147 Å². The summed E-state index contributed by atoms with van der Waals surface area (Å²) in [6, 6.07) is 6.86. The Hall–Kier alpha value is -3.09. The van der Waals surface area contributed by atoms with Crippen molar-refractivity contribution in [3.63, 3.8) is 0 Å². The van der Waals surface area contributed by atoms with Crippen molar-refractivity contribution in [1.82, 2.24) is 20.3 Å². The van der Waals surface area contributed by atoms with Crippen LogP contribution in [0.5, 0.6) is 5.88 Å². The van der Waals surface area contributed by atoms with Gasteiger partial charge in [0.15, 0.2) is 0 Å². The average Bonchev–Trinajstić information content (AvgIpc) is 2.86. The lowest BCUT2D eigenvalue weighted by atomic mass is 10.1. The van der Waals surface area contributed by atoms with Gasteiger partial charge < -0.3 is 25.2 Å². The fraction of sp³-hybridized carbons (Fsp3) is 0.348. The number of aliphatic hydroxyl groups excluding tert-OH is 2. The van der Waals surface area contributed by atoms with Gasteiger partial charge in [-0.25, -0.2) is 9.97 Å². The van der Waals surface area contributed by atoms with Gasteiger partial charge in [0.05, 0.1) is 37.1 Å². The molecule has 3 rings (SSSR count). The zero-order chi connectivity index (χ0) is 26.7. The van der Waals surface area contributed by atoms with Crippen molar-refractivity contribution in [2.24, 2.45) is 0 Å². The molecule has 0 fully saturated rings. The van der Waals surface area contributed by atoms with E-state index in [2.05, 4.69) is 20.3 Å². The second-order valence-electron chi connectivity index (χ2n) is 7.40. The summed E-state index contributed by atoms with van der Waals surface area (Å²) in [5, 5.41) is 33.3. The van der Waals surface area contributed by atoms with Gasteiger partial charge in [-0.3, -0.25) is 10.1 Å². The third kappa shape index (κ3) is 7.97. The molecule has 0 saturated carbocycles. The second-order valence-corrected chi connectivity index (χ2v) is 8.18. The minimum Gasteiger partial charge on any atom is -0.481 e. The molecule has 3 aromatic rings. The van der Waals surface area contributed by atoms with Crippen LogP contribution in [0, 0.1) is 24.0 Å². The van der Waals surface area contributed by atoms with Gasteiger partial charge in [-0.1, -0.05) is 29.3 Å². The van der Waals surface area contributed by atoms with Crippen LogP contribution in [-0.4, -0.2) is 63.5 Å². The van der Waals surface area contributed by atoms with Crippen molar-refractivity contribution in [3.05, 3.63) is 73.8 Å². The molecule has 3 heterocycles. The van der Waals surface area contributed by atoms with Gasteiger partial charge in [0.1, 0.15) is 10.3 Å². The minimum atomic E-state index is -0.488. The number of hydrogen-bond donors (Lipinski definition) is 3.